The van der Waals surface area contributed by atoms with Gasteiger partial charge in [-0.05, 0) is 11.5 Å². The Hall–Kier alpha value is -1.44. The second-order valence-electron chi connectivity index (χ2n) is 5.49. The molecule has 1 heterocycles. The molecule has 0 amide bonds. The topological polar surface area (TPSA) is 77.9 Å². The molecule has 1 N–H and O–H groups in total. The summed E-state index contributed by atoms with van der Waals surface area (Å²) in [5, 5.41) is 9.11. The van der Waals surface area contributed by atoms with Gasteiger partial charge in [0.15, 0.2) is 0 Å². The molecular formula is C14H20N2O4S. The molecule has 1 fully saturated rings. The van der Waals surface area contributed by atoms with Crippen molar-refractivity contribution >= 4 is 16.2 Å². The Morgan fingerprint density at radius 3 is 2.48 bits per heavy atom. The Bertz CT molecular complexity index is 603. The van der Waals surface area contributed by atoms with Gasteiger partial charge in [-0.25, -0.2) is 0 Å². The third-order valence-electron chi connectivity index (χ3n) is 3.86. The first-order valence-corrected chi connectivity index (χ1v) is 8.20. The lowest BCUT2D eigenvalue weighted by atomic mass is 9.99. The minimum atomic E-state index is -3.63. The normalized spacial score (nSPS) is 23.6. The molecule has 0 aliphatic carbocycles. The van der Waals surface area contributed by atoms with Crippen LogP contribution in [-0.4, -0.2) is 48.2 Å². The van der Waals surface area contributed by atoms with Crippen LogP contribution in [0.2, 0.25) is 0 Å². The van der Waals surface area contributed by atoms with Crippen molar-refractivity contribution in [3.05, 3.63) is 35.9 Å². The van der Waals surface area contributed by atoms with Crippen molar-refractivity contribution < 1.29 is 18.3 Å². The fraction of sp³-hybridized carbons (Fsp3) is 0.500. The zero-order valence-electron chi connectivity index (χ0n) is 12.1. The van der Waals surface area contributed by atoms with Crippen molar-refractivity contribution in [2.24, 2.45) is 11.8 Å². The van der Waals surface area contributed by atoms with Crippen molar-refractivity contribution in [2.75, 3.05) is 20.1 Å². The zero-order valence-corrected chi connectivity index (χ0v) is 13.0. The number of carboxylic acids is 1. The van der Waals surface area contributed by atoms with E-state index in [-0.39, 0.29) is 25.6 Å². The second-order valence-corrected chi connectivity index (χ2v) is 7.52. The van der Waals surface area contributed by atoms with E-state index in [4.69, 9.17) is 5.11 Å². The molecule has 1 aromatic rings. The molecule has 7 heteroatoms. The predicted molar refractivity (Wildman–Crippen MR) is 78.7 cm³/mol. The molecule has 2 rings (SSSR count). The maximum absolute atomic E-state index is 12.5. The van der Waals surface area contributed by atoms with Gasteiger partial charge in [0, 0.05) is 26.7 Å². The summed E-state index contributed by atoms with van der Waals surface area (Å²) >= 11 is 0. The number of carbonyl (C=O) groups is 1. The van der Waals surface area contributed by atoms with E-state index >= 15 is 0 Å². The first-order valence-electron chi connectivity index (χ1n) is 6.80. The molecule has 2 unspecified atom stereocenters. The van der Waals surface area contributed by atoms with Crippen molar-refractivity contribution in [2.45, 2.75) is 13.5 Å². The lowest BCUT2D eigenvalue weighted by Gasteiger charge is -2.24. The van der Waals surface area contributed by atoms with Crippen LogP contribution in [-0.2, 0) is 21.5 Å². The van der Waals surface area contributed by atoms with Crippen molar-refractivity contribution in [3.63, 3.8) is 0 Å². The van der Waals surface area contributed by atoms with E-state index in [0.29, 0.717) is 0 Å². The summed E-state index contributed by atoms with van der Waals surface area (Å²) < 4.78 is 27.5. The summed E-state index contributed by atoms with van der Waals surface area (Å²) in [4.78, 5) is 11.1. The number of carboxylic acid groups (broad SMARTS) is 1. The molecule has 21 heavy (non-hydrogen) atoms. The van der Waals surface area contributed by atoms with Gasteiger partial charge in [-0.2, -0.15) is 17.0 Å². The Morgan fingerprint density at radius 2 is 1.95 bits per heavy atom. The first kappa shape index (κ1) is 15.9. The SMILES string of the molecule is CC1CN(S(=O)(=O)N(C)Cc2ccccc2)CC1C(=O)O. The van der Waals surface area contributed by atoms with Crippen molar-refractivity contribution in [3.8, 4) is 0 Å². The highest BCUT2D eigenvalue weighted by Crippen LogP contribution is 2.27. The Balaban J connectivity index is 2.10. The number of benzene rings is 1. The van der Waals surface area contributed by atoms with Gasteiger partial charge < -0.3 is 5.11 Å². The third kappa shape index (κ3) is 3.42. The fourth-order valence-corrected chi connectivity index (χ4v) is 4.03. The van der Waals surface area contributed by atoms with Gasteiger partial charge >= 0.3 is 5.97 Å². The molecule has 0 aromatic heterocycles. The quantitative estimate of drug-likeness (QED) is 0.880. The molecule has 1 aliphatic rings. The Kier molecular flexibility index (Phi) is 4.65. The lowest BCUT2D eigenvalue weighted by Crippen LogP contribution is -2.40. The molecule has 1 aromatic carbocycles. The molecule has 0 radical (unpaired) electrons. The highest BCUT2D eigenvalue weighted by Gasteiger charge is 2.41. The van der Waals surface area contributed by atoms with Gasteiger partial charge in [0.2, 0.25) is 0 Å². The lowest BCUT2D eigenvalue weighted by molar-refractivity contribution is -0.142. The highest BCUT2D eigenvalue weighted by atomic mass is 32.2. The molecule has 0 bridgehead atoms. The molecule has 116 valence electrons. The predicted octanol–water partition coefficient (Wildman–Crippen LogP) is 1.02. The number of nitrogens with zero attached hydrogens (tertiary/aromatic N) is 2. The third-order valence-corrected chi connectivity index (χ3v) is 5.73. The Labute approximate surface area is 125 Å². The van der Waals surface area contributed by atoms with Crippen LogP contribution in [0.3, 0.4) is 0 Å². The number of hydrogen-bond acceptors (Lipinski definition) is 3. The van der Waals surface area contributed by atoms with E-state index in [2.05, 4.69) is 0 Å². The zero-order chi connectivity index (χ0) is 15.6. The summed E-state index contributed by atoms with van der Waals surface area (Å²) in [5.74, 6) is -1.75. The van der Waals surface area contributed by atoms with Gasteiger partial charge in [0.25, 0.3) is 10.2 Å². The maximum atomic E-state index is 12.5. The van der Waals surface area contributed by atoms with Gasteiger partial charge in [-0.3, -0.25) is 4.79 Å². The number of aliphatic carboxylic acids is 1. The molecule has 1 aliphatic heterocycles. The molecule has 1 saturated heterocycles. The molecule has 6 nitrogen and oxygen atoms in total. The van der Waals surface area contributed by atoms with Crippen LogP contribution in [0.25, 0.3) is 0 Å². The summed E-state index contributed by atoms with van der Waals surface area (Å²) in [6.45, 7) is 2.33. The monoisotopic (exact) mass is 312 g/mol. The minimum Gasteiger partial charge on any atom is -0.481 e. The molecule has 0 spiro atoms. The maximum Gasteiger partial charge on any atom is 0.308 e. The number of rotatable bonds is 5. The first-order chi connectivity index (χ1) is 9.82. The average Bonchev–Trinajstić information content (AvgIpc) is 2.82. The fourth-order valence-electron chi connectivity index (χ4n) is 2.55. The van der Waals surface area contributed by atoms with Crippen molar-refractivity contribution in [1.82, 2.24) is 8.61 Å². The van der Waals surface area contributed by atoms with Crippen LogP contribution in [0.15, 0.2) is 30.3 Å². The van der Waals surface area contributed by atoms with Gasteiger partial charge in [0.05, 0.1) is 5.92 Å². The van der Waals surface area contributed by atoms with E-state index in [1.54, 1.807) is 6.92 Å². The standard InChI is InChI=1S/C14H20N2O4S/c1-11-8-16(10-13(11)14(17)18)21(19,20)15(2)9-12-6-4-3-5-7-12/h3-7,11,13H,8-10H2,1-2H3,(H,17,18). The molecular weight excluding hydrogens is 292 g/mol. The Morgan fingerprint density at radius 1 is 1.33 bits per heavy atom. The van der Waals surface area contributed by atoms with Gasteiger partial charge in [-0.15, -0.1) is 0 Å². The van der Waals surface area contributed by atoms with Crippen LogP contribution in [0, 0.1) is 11.8 Å². The van der Waals surface area contributed by atoms with Gasteiger partial charge in [-0.1, -0.05) is 37.3 Å². The van der Waals surface area contributed by atoms with E-state index in [9.17, 15) is 13.2 Å². The van der Waals surface area contributed by atoms with Crippen LogP contribution in [0.5, 0.6) is 0 Å². The summed E-state index contributed by atoms with van der Waals surface area (Å²) in [6, 6.07) is 9.30. The summed E-state index contributed by atoms with van der Waals surface area (Å²) in [6.07, 6.45) is 0. The summed E-state index contributed by atoms with van der Waals surface area (Å²) in [5.41, 5.74) is 0.894. The van der Waals surface area contributed by atoms with Crippen LogP contribution in [0.4, 0.5) is 0 Å². The van der Waals surface area contributed by atoms with Gasteiger partial charge in [0.1, 0.15) is 0 Å². The number of hydrogen-bond donors (Lipinski definition) is 1. The van der Waals surface area contributed by atoms with Crippen LogP contribution >= 0.6 is 0 Å². The largest absolute Gasteiger partial charge is 0.481 e. The smallest absolute Gasteiger partial charge is 0.308 e. The average molecular weight is 312 g/mol. The minimum absolute atomic E-state index is 0.0396. The van der Waals surface area contributed by atoms with Crippen LogP contribution < -0.4 is 0 Å². The van der Waals surface area contributed by atoms with E-state index < -0.39 is 22.1 Å². The van der Waals surface area contributed by atoms with Crippen molar-refractivity contribution in [1.29, 1.82) is 0 Å². The van der Waals surface area contributed by atoms with E-state index in [1.807, 2.05) is 30.3 Å². The van der Waals surface area contributed by atoms with E-state index in [1.165, 1.54) is 15.7 Å². The summed E-state index contributed by atoms with van der Waals surface area (Å²) in [7, 11) is -2.12. The molecule has 2 atom stereocenters. The molecule has 0 saturated carbocycles. The van der Waals surface area contributed by atoms with E-state index in [0.717, 1.165) is 5.56 Å². The second kappa shape index (κ2) is 6.13. The van der Waals surface area contributed by atoms with Crippen LogP contribution in [0.1, 0.15) is 12.5 Å². The highest BCUT2D eigenvalue weighted by molar-refractivity contribution is 7.86.